The van der Waals surface area contributed by atoms with Crippen molar-refractivity contribution < 1.29 is 42.9 Å². The van der Waals surface area contributed by atoms with Crippen LogP contribution >= 0.6 is 0 Å². The summed E-state index contributed by atoms with van der Waals surface area (Å²) in [5.74, 6) is -2.49. The van der Waals surface area contributed by atoms with Gasteiger partial charge in [-0.1, -0.05) is 18.2 Å². The third-order valence-electron chi connectivity index (χ3n) is 5.50. The van der Waals surface area contributed by atoms with Gasteiger partial charge >= 0.3 is 23.9 Å². The first-order valence-corrected chi connectivity index (χ1v) is 10.7. The Morgan fingerprint density at radius 1 is 0.879 bits per heavy atom. The number of hydrogen-bond donors (Lipinski definition) is 0. The summed E-state index contributed by atoms with van der Waals surface area (Å²) in [7, 11) is 0. The molecule has 6 unspecified atom stereocenters. The van der Waals surface area contributed by atoms with Crippen molar-refractivity contribution in [3.63, 3.8) is 0 Å². The lowest BCUT2D eigenvalue weighted by Crippen LogP contribution is -2.67. The first-order chi connectivity index (χ1) is 15.6. The second kappa shape index (κ2) is 10.2. The van der Waals surface area contributed by atoms with Crippen LogP contribution in [0.5, 0.6) is 0 Å². The number of rotatable bonds is 6. The molecule has 2 aliphatic heterocycles. The molecule has 0 spiro atoms. The number of nitrogens with zero attached hydrogens (tertiary/aromatic N) is 1. The third kappa shape index (κ3) is 5.62. The average Bonchev–Trinajstić information content (AvgIpc) is 3.04. The lowest BCUT2D eigenvalue weighted by Gasteiger charge is -2.48. The zero-order chi connectivity index (χ0) is 24.3. The molecule has 0 bridgehead atoms. The van der Waals surface area contributed by atoms with Gasteiger partial charge in [0.2, 0.25) is 0 Å². The Morgan fingerprint density at radius 3 is 2.06 bits per heavy atom. The molecule has 0 saturated carbocycles. The first-order valence-electron chi connectivity index (χ1n) is 10.7. The van der Waals surface area contributed by atoms with Crippen LogP contribution in [-0.2, 0) is 49.3 Å². The number of carbonyl (C=O) groups excluding carboxylic acids is 4. The van der Waals surface area contributed by atoms with Crippen LogP contribution in [0, 0.1) is 0 Å². The normalized spacial score (nSPS) is 28.5. The van der Waals surface area contributed by atoms with Crippen molar-refractivity contribution in [2.24, 2.45) is 0 Å². The first kappa shape index (κ1) is 24.5. The summed E-state index contributed by atoms with van der Waals surface area (Å²) < 4.78 is 28.0. The van der Waals surface area contributed by atoms with Crippen LogP contribution in [0.1, 0.15) is 40.2 Å². The lowest BCUT2D eigenvalue weighted by atomic mass is 9.96. The van der Waals surface area contributed by atoms with Gasteiger partial charge in [-0.2, -0.15) is 0 Å². The maximum Gasteiger partial charge on any atom is 0.303 e. The smallest absolute Gasteiger partial charge is 0.303 e. The van der Waals surface area contributed by atoms with E-state index in [4.69, 9.17) is 23.7 Å². The van der Waals surface area contributed by atoms with Gasteiger partial charge in [0.1, 0.15) is 12.7 Å². The van der Waals surface area contributed by atoms with E-state index in [1.165, 1.54) is 27.7 Å². The van der Waals surface area contributed by atoms with Crippen LogP contribution in [0.25, 0.3) is 0 Å². The van der Waals surface area contributed by atoms with E-state index in [-0.39, 0.29) is 12.6 Å². The van der Waals surface area contributed by atoms with Crippen LogP contribution < -0.4 is 4.90 Å². The highest BCUT2D eigenvalue weighted by atomic mass is 16.7. The summed E-state index contributed by atoms with van der Waals surface area (Å²) in [5, 5.41) is 0. The molecular formula is C23H29NO9. The third-order valence-corrected chi connectivity index (χ3v) is 5.50. The van der Waals surface area contributed by atoms with E-state index in [2.05, 4.69) is 0 Å². The minimum Gasteiger partial charge on any atom is -0.463 e. The molecule has 2 aliphatic rings. The van der Waals surface area contributed by atoms with Crippen molar-refractivity contribution in [1.29, 1.82) is 0 Å². The van der Waals surface area contributed by atoms with E-state index < -0.39 is 54.5 Å². The fourth-order valence-corrected chi connectivity index (χ4v) is 4.41. The van der Waals surface area contributed by atoms with Gasteiger partial charge in [0.25, 0.3) is 0 Å². The topological polar surface area (TPSA) is 118 Å². The van der Waals surface area contributed by atoms with Crippen molar-refractivity contribution >= 4 is 29.6 Å². The van der Waals surface area contributed by atoms with Gasteiger partial charge in [-0.25, -0.2) is 0 Å². The number of para-hydroxylation sites is 1. The van der Waals surface area contributed by atoms with Crippen molar-refractivity contribution in [2.45, 2.75) is 77.7 Å². The lowest BCUT2D eigenvalue weighted by molar-refractivity contribution is -0.252. The quantitative estimate of drug-likeness (QED) is 0.454. The second-order valence-electron chi connectivity index (χ2n) is 8.18. The van der Waals surface area contributed by atoms with Crippen LogP contribution in [0.4, 0.5) is 5.69 Å². The highest BCUT2D eigenvalue weighted by Crippen LogP contribution is 2.39. The molecule has 2 heterocycles. The SMILES string of the molecule is CC(=O)OCC1OC(N2c3ccccc3CC2C)C(OC(C)=O)C(OC(C)=O)C1OC(C)=O. The van der Waals surface area contributed by atoms with Gasteiger partial charge in [-0.05, 0) is 25.0 Å². The second-order valence-corrected chi connectivity index (χ2v) is 8.18. The Kier molecular flexibility index (Phi) is 7.57. The van der Waals surface area contributed by atoms with Crippen LogP contribution in [0.15, 0.2) is 24.3 Å². The predicted molar refractivity (Wildman–Crippen MR) is 114 cm³/mol. The van der Waals surface area contributed by atoms with Crippen LogP contribution in [0.3, 0.4) is 0 Å². The minimum atomic E-state index is -1.19. The van der Waals surface area contributed by atoms with Gasteiger partial charge in [0.15, 0.2) is 24.5 Å². The van der Waals surface area contributed by atoms with Crippen molar-refractivity contribution in [3.05, 3.63) is 29.8 Å². The molecule has 1 aromatic carbocycles. The zero-order valence-electron chi connectivity index (χ0n) is 19.3. The van der Waals surface area contributed by atoms with Gasteiger partial charge in [-0.15, -0.1) is 0 Å². The number of esters is 4. The number of ether oxygens (including phenoxy) is 5. The standard InChI is InChI=1S/C23H29NO9/c1-12-10-17-8-6-7-9-18(17)24(12)23-22(32-16(5)28)21(31-15(4)27)20(30-14(3)26)19(33-23)11-29-13(2)25/h6-9,12,19-23H,10-11H2,1-5H3. The predicted octanol–water partition coefficient (Wildman–Crippen LogP) is 1.52. The highest BCUT2D eigenvalue weighted by Gasteiger charge is 2.55. The molecule has 1 aromatic rings. The zero-order valence-corrected chi connectivity index (χ0v) is 19.3. The van der Waals surface area contributed by atoms with E-state index in [0.717, 1.165) is 17.7 Å². The summed E-state index contributed by atoms with van der Waals surface area (Å²) in [6.45, 7) is 6.61. The fraction of sp³-hybridized carbons (Fsp3) is 0.565. The van der Waals surface area contributed by atoms with E-state index in [1.807, 2.05) is 36.1 Å². The summed E-state index contributed by atoms with van der Waals surface area (Å²) in [4.78, 5) is 49.3. The molecule has 0 aromatic heterocycles. The Labute approximate surface area is 192 Å². The molecule has 180 valence electrons. The number of benzene rings is 1. The van der Waals surface area contributed by atoms with Gasteiger partial charge in [0.05, 0.1) is 0 Å². The highest BCUT2D eigenvalue weighted by molar-refractivity contribution is 5.69. The molecule has 0 radical (unpaired) electrons. The molecular weight excluding hydrogens is 434 g/mol. The molecule has 1 fully saturated rings. The summed E-state index contributed by atoms with van der Waals surface area (Å²) in [5.41, 5.74) is 1.96. The van der Waals surface area contributed by atoms with Crippen molar-refractivity contribution in [1.82, 2.24) is 0 Å². The summed E-state index contributed by atoms with van der Waals surface area (Å²) in [6.07, 6.45) is -4.61. The maximum atomic E-state index is 12.0. The van der Waals surface area contributed by atoms with Gasteiger partial charge in [-0.3, -0.25) is 19.2 Å². The monoisotopic (exact) mass is 463 g/mol. The molecule has 1 saturated heterocycles. The fourth-order valence-electron chi connectivity index (χ4n) is 4.41. The van der Waals surface area contributed by atoms with Crippen molar-refractivity contribution in [3.8, 4) is 0 Å². The largest absolute Gasteiger partial charge is 0.463 e. The number of anilines is 1. The number of fused-ring (bicyclic) bond motifs is 1. The Hall–Kier alpha value is -3.14. The molecule has 0 aliphatic carbocycles. The Morgan fingerprint density at radius 2 is 1.45 bits per heavy atom. The number of carbonyl (C=O) groups is 4. The Balaban J connectivity index is 2.07. The summed E-state index contributed by atoms with van der Waals surface area (Å²) >= 11 is 0. The van der Waals surface area contributed by atoms with E-state index in [9.17, 15) is 19.2 Å². The molecule has 10 heteroatoms. The van der Waals surface area contributed by atoms with Gasteiger partial charge < -0.3 is 28.6 Å². The minimum absolute atomic E-state index is 0.0388. The van der Waals surface area contributed by atoms with Crippen LogP contribution in [0.2, 0.25) is 0 Å². The van der Waals surface area contributed by atoms with E-state index >= 15 is 0 Å². The molecule has 10 nitrogen and oxygen atoms in total. The Bertz CT molecular complexity index is 917. The van der Waals surface area contributed by atoms with Crippen LogP contribution in [-0.4, -0.2) is 67.2 Å². The molecule has 0 amide bonds. The van der Waals surface area contributed by atoms with Gasteiger partial charge in [0, 0.05) is 39.4 Å². The molecule has 33 heavy (non-hydrogen) atoms. The number of hydrogen-bond acceptors (Lipinski definition) is 10. The average molecular weight is 463 g/mol. The van der Waals surface area contributed by atoms with E-state index in [1.54, 1.807) is 0 Å². The maximum absolute atomic E-state index is 12.0. The molecule has 6 atom stereocenters. The summed E-state index contributed by atoms with van der Waals surface area (Å²) in [6, 6.07) is 7.70. The van der Waals surface area contributed by atoms with Crippen molar-refractivity contribution in [2.75, 3.05) is 11.5 Å². The molecule has 3 rings (SSSR count). The van der Waals surface area contributed by atoms with E-state index in [0.29, 0.717) is 0 Å². The molecule has 0 N–H and O–H groups in total.